The maximum absolute atomic E-state index is 13.8. The molecule has 1 aromatic heterocycles. The fourth-order valence-electron chi connectivity index (χ4n) is 4.86. The van der Waals surface area contributed by atoms with Crippen molar-refractivity contribution >= 4 is 22.7 Å². The summed E-state index contributed by atoms with van der Waals surface area (Å²) >= 11 is 0. The van der Waals surface area contributed by atoms with Crippen molar-refractivity contribution < 1.29 is 23.8 Å². The minimum absolute atomic E-state index is 0.0334. The summed E-state index contributed by atoms with van der Waals surface area (Å²) < 4.78 is 11.3. The summed E-state index contributed by atoms with van der Waals surface area (Å²) in [5, 5.41) is 11.7. The van der Waals surface area contributed by atoms with Gasteiger partial charge in [0.05, 0.1) is 18.7 Å². The molecule has 3 aromatic rings. The normalized spacial score (nSPS) is 16.4. The number of benzene rings is 2. The highest BCUT2D eigenvalue weighted by Crippen LogP contribution is 2.40. The number of nitrogens with zero attached hydrogens (tertiary/aromatic N) is 2. The number of rotatable bonds is 9. The number of ether oxygens (including phenoxy) is 1. The summed E-state index contributed by atoms with van der Waals surface area (Å²) in [5.74, 6) is -1.03. The van der Waals surface area contributed by atoms with Crippen LogP contribution in [0, 0.1) is 0 Å². The lowest BCUT2D eigenvalue weighted by Crippen LogP contribution is -2.38. The van der Waals surface area contributed by atoms with Crippen LogP contribution in [0.3, 0.4) is 0 Å². The van der Waals surface area contributed by atoms with Crippen LogP contribution in [0.15, 0.2) is 64.3 Å². The van der Waals surface area contributed by atoms with Crippen LogP contribution in [0.25, 0.3) is 11.0 Å². The van der Waals surface area contributed by atoms with E-state index in [0.717, 1.165) is 24.2 Å². The average molecular weight is 505 g/mol. The Morgan fingerprint density at radius 3 is 2.38 bits per heavy atom. The molecule has 2 heterocycles. The van der Waals surface area contributed by atoms with E-state index in [9.17, 15) is 14.7 Å². The Morgan fingerprint density at radius 2 is 1.78 bits per heavy atom. The minimum Gasteiger partial charge on any atom is -0.503 e. The lowest BCUT2D eigenvalue weighted by molar-refractivity contribution is -0.129. The second-order valence-electron chi connectivity index (χ2n) is 10.4. The van der Waals surface area contributed by atoms with Gasteiger partial charge in [0.25, 0.3) is 5.91 Å². The molecule has 0 bridgehead atoms. The van der Waals surface area contributed by atoms with Gasteiger partial charge in [0.15, 0.2) is 22.9 Å². The number of furan rings is 1. The molecule has 2 aromatic carbocycles. The molecule has 7 nitrogen and oxygen atoms in total. The highest BCUT2D eigenvalue weighted by Gasteiger charge is 2.44. The Bertz CT molecular complexity index is 1330. The zero-order valence-corrected chi connectivity index (χ0v) is 22.5. The quantitative estimate of drug-likeness (QED) is 0.379. The Labute approximate surface area is 218 Å². The van der Waals surface area contributed by atoms with Gasteiger partial charge < -0.3 is 24.1 Å². The Morgan fingerprint density at radius 1 is 1.11 bits per heavy atom. The van der Waals surface area contributed by atoms with E-state index in [1.165, 1.54) is 7.11 Å². The van der Waals surface area contributed by atoms with Gasteiger partial charge in [-0.3, -0.25) is 9.59 Å². The van der Waals surface area contributed by atoms with E-state index in [1.807, 2.05) is 36.4 Å². The zero-order chi connectivity index (χ0) is 26.9. The number of hydrogen-bond acceptors (Lipinski definition) is 6. The van der Waals surface area contributed by atoms with E-state index >= 15 is 0 Å². The van der Waals surface area contributed by atoms with Crippen molar-refractivity contribution in [3.05, 3.63) is 76.8 Å². The molecule has 0 saturated carbocycles. The number of hydrogen-bond donors (Lipinski definition) is 1. The fourth-order valence-corrected chi connectivity index (χ4v) is 4.86. The number of aliphatic hydroxyl groups is 1. The first-order valence-corrected chi connectivity index (χ1v) is 12.8. The van der Waals surface area contributed by atoms with Crippen molar-refractivity contribution in [2.45, 2.75) is 46.1 Å². The number of aliphatic hydroxyl groups excluding tert-OH is 1. The molecule has 1 amide bonds. The predicted octanol–water partition coefficient (Wildman–Crippen LogP) is 5.66. The van der Waals surface area contributed by atoms with Gasteiger partial charge in [-0.1, -0.05) is 71.0 Å². The first-order valence-electron chi connectivity index (χ1n) is 12.8. The second-order valence-corrected chi connectivity index (χ2v) is 10.4. The molecule has 1 aliphatic heterocycles. The molecule has 7 heteroatoms. The van der Waals surface area contributed by atoms with Crippen LogP contribution >= 0.6 is 0 Å². The third-order valence-electron chi connectivity index (χ3n) is 7.14. The molecule has 4 rings (SSSR count). The fraction of sp³-hybridized carbons (Fsp3) is 0.400. The van der Waals surface area contributed by atoms with Gasteiger partial charge in [-0.25, -0.2) is 0 Å². The molecule has 0 fully saturated rings. The smallest absolute Gasteiger partial charge is 0.290 e. The number of carbonyl (C=O) groups excluding carboxylic acids is 2. The zero-order valence-electron chi connectivity index (χ0n) is 22.5. The summed E-state index contributed by atoms with van der Waals surface area (Å²) in [7, 11) is 1.54. The van der Waals surface area contributed by atoms with Crippen LogP contribution < -0.4 is 4.74 Å². The van der Waals surface area contributed by atoms with Gasteiger partial charge in [-0.05, 0) is 41.8 Å². The summed E-state index contributed by atoms with van der Waals surface area (Å²) in [5.41, 5.74) is 2.34. The molecule has 1 N–H and O–H groups in total. The van der Waals surface area contributed by atoms with E-state index in [1.54, 1.807) is 17.0 Å². The molecular formula is C30H36N2O5. The number of Topliss-reactive ketones (excluding diaryl/α,β-unsaturated/α-hetero) is 1. The number of carbonyl (C=O) groups is 2. The third kappa shape index (κ3) is 5.01. The van der Waals surface area contributed by atoms with Crippen molar-refractivity contribution in [3.8, 4) is 5.75 Å². The largest absolute Gasteiger partial charge is 0.503 e. The number of amides is 1. The summed E-state index contributed by atoms with van der Waals surface area (Å²) in [4.78, 5) is 31.0. The molecule has 1 atom stereocenters. The first kappa shape index (κ1) is 26.5. The van der Waals surface area contributed by atoms with E-state index < -0.39 is 23.5 Å². The van der Waals surface area contributed by atoms with Crippen LogP contribution in [0.2, 0.25) is 0 Å². The standard InChI is InChI=1S/C30H36N2O5/c1-7-31(8-2)16-17-32-25(19-12-14-21(15-13-19)30(3,4)5)24(27(34)29(32)35)26(33)23-18-20-10-9-11-22(36-6)28(20)37-23/h9-15,18,25,34H,7-8,16-17H2,1-6H3/t25-/m1/s1. The Balaban J connectivity index is 1.77. The number of likely N-dealkylation sites (N-methyl/N-ethyl adjacent to an activating group) is 1. The molecule has 0 unspecified atom stereocenters. The van der Waals surface area contributed by atoms with E-state index in [4.69, 9.17) is 9.15 Å². The molecule has 0 saturated heterocycles. The van der Waals surface area contributed by atoms with Crippen LogP contribution in [-0.4, -0.2) is 59.9 Å². The molecule has 1 aliphatic rings. The molecule has 37 heavy (non-hydrogen) atoms. The average Bonchev–Trinajstić information content (AvgIpc) is 3.43. The van der Waals surface area contributed by atoms with Crippen LogP contribution in [0.5, 0.6) is 5.75 Å². The van der Waals surface area contributed by atoms with Gasteiger partial charge >= 0.3 is 0 Å². The van der Waals surface area contributed by atoms with Gasteiger partial charge in [0.1, 0.15) is 0 Å². The molecular weight excluding hydrogens is 468 g/mol. The SMILES string of the molecule is CCN(CC)CCN1C(=O)C(O)=C(C(=O)c2cc3cccc(OC)c3o2)[C@H]1c1ccc(C(C)(C)C)cc1. The Kier molecular flexibility index (Phi) is 7.46. The highest BCUT2D eigenvalue weighted by atomic mass is 16.5. The molecule has 0 spiro atoms. The maximum atomic E-state index is 13.8. The van der Waals surface area contributed by atoms with E-state index in [0.29, 0.717) is 29.8 Å². The van der Waals surface area contributed by atoms with Crippen LogP contribution in [0.4, 0.5) is 0 Å². The third-order valence-corrected chi connectivity index (χ3v) is 7.14. The van der Waals surface area contributed by atoms with Gasteiger partial charge in [-0.15, -0.1) is 0 Å². The van der Waals surface area contributed by atoms with Crippen molar-refractivity contribution in [2.75, 3.05) is 33.3 Å². The van der Waals surface area contributed by atoms with Crippen molar-refractivity contribution in [2.24, 2.45) is 0 Å². The lowest BCUT2D eigenvalue weighted by atomic mass is 9.85. The second kappa shape index (κ2) is 10.4. The van der Waals surface area contributed by atoms with Crippen molar-refractivity contribution in [3.63, 3.8) is 0 Å². The topological polar surface area (TPSA) is 83.2 Å². The lowest BCUT2D eigenvalue weighted by Gasteiger charge is -2.29. The molecule has 196 valence electrons. The van der Waals surface area contributed by atoms with Crippen LogP contribution in [0.1, 0.15) is 62.3 Å². The number of para-hydroxylation sites is 1. The molecule has 0 radical (unpaired) electrons. The maximum Gasteiger partial charge on any atom is 0.290 e. The van der Waals surface area contributed by atoms with E-state index in [2.05, 4.69) is 39.5 Å². The van der Waals surface area contributed by atoms with E-state index in [-0.39, 0.29) is 16.7 Å². The highest BCUT2D eigenvalue weighted by molar-refractivity contribution is 6.16. The van der Waals surface area contributed by atoms with Gasteiger partial charge in [-0.2, -0.15) is 0 Å². The van der Waals surface area contributed by atoms with Crippen molar-refractivity contribution in [1.29, 1.82) is 0 Å². The molecule has 0 aliphatic carbocycles. The monoisotopic (exact) mass is 504 g/mol. The minimum atomic E-state index is -0.723. The van der Waals surface area contributed by atoms with Gasteiger partial charge in [0, 0.05) is 18.5 Å². The number of methoxy groups -OCH3 is 1. The number of ketones is 1. The van der Waals surface area contributed by atoms with Crippen molar-refractivity contribution in [1.82, 2.24) is 9.80 Å². The first-order chi connectivity index (χ1) is 17.6. The summed E-state index contributed by atoms with van der Waals surface area (Å²) in [6, 6.07) is 14.2. The summed E-state index contributed by atoms with van der Waals surface area (Å²) in [6.07, 6.45) is 0. The number of fused-ring (bicyclic) bond motifs is 1. The summed E-state index contributed by atoms with van der Waals surface area (Å²) in [6.45, 7) is 13.2. The predicted molar refractivity (Wildman–Crippen MR) is 144 cm³/mol. The Hall–Kier alpha value is -3.58. The van der Waals surface area contributed by atoms with Crippen LogP contribution in [-0.2, 0) is 10.2 Å². The van der Waals surface area contributed by atoms with Gasteiger partial charge in [0.2, 0.25) is 5.78 Å².